The van der Waals surface area contributed by atoms with E-state index in [-0.39, 0.29) is 5.60 Å². The average molecular weight is 286 g/mol. The Labute approximate surface area is 125 Å². The lowest BCUT2D eigenvalue weighted by atomic mass is 10.0. The molecule has 1 aliphatic heterocycles. The lowest BCUT2D eigenvalue weighted by molar-refractivity contribution is 0.135. The number of ether oxygens (including phenoxy) is 1. The van der Waals surface area contributed by atoms with Crippen molar-refractivity contribution < 1.29 is 4.74 Å². The van der Waals surface area contributed by atoms with Crippen molar-refractivity contribution >= 4 is 0 Å². The highest BCUT2D eigenvalue weighted by molar-refractivity contribution is 5.45. The maximum Gasteiger partial charge on any atom is 0.140 e. The van der Waals surface area contributed by atoms with Crippen molar-refractivity contribution in [3.63, 3.8) is 0 Å². The fraction of sp³-hybridized carbons (Fsp3) is 0.500. The predicted molar refractivity (Wildman–Crippen MR) is 81.0 cm³/mol. The van der Waals surface area contributed by atoms with Gasteiger partial charge in [0.05, 0.1) is 6.54 Å². The number of benzene rings is 1. The summed E-state index contributed by atoms with van der Waals surface area (Å²) in [5.74, 6) is 2.03. The van der Waals surface area contributed by atoms with E-state index >= 15 is 0 Å². The number of rotatable bonds is 4. The molecule has 0 saturated heterocycles. The Morgan fingerprint density at radius 2 is 2.14 bits per heavy atom. The topological polar surface area (TPSA) is 43.2 Å². The van der Waals surface area contributed by atoms with Crippen LogP contribution < -0.4 is 4.74 Å². The first-order valence-corrected chi connectivity index (χ1v) is 7.26. The summed E-state index contributed by atoms with van der Waals surface area (Å²) in [7, 11) is 4.01. The van der Waals surface area contributed by atoms with Crippen LogP contribution in [0.3, 0.4) is 0 Å². The van der Waals surface area contributed by atoms with E-state index in [1.54, 1.807) is 6.33 Å². The number of fused-ring (bicyclic) bond motifs is 1. The van der Waals surface area contributed by atoms with Crippen molar-refractivity contribution in [2.45, 2.75) is 39.0 Å². The second kappa shape index (κ2) is 5.15. The summed E-state index contributed by atoms with van der Waals surface area (Å²) in [6.45, 7) is 5.88. The van der Waals surface area contributed by atoms with E-state index in [1.807, 2.05) is 11.7 Å². The van der Waals surface area contributed by atoms with E-state index in [1.165, 1.54) is 11.1 Å². The molecule has 0 aliphatic carbocycles. The molecule has 1 aromatic heterocycles. The molecule has 0 spiro atoms. The number of hydrogen-bond donors (Lipinski definition) is 0. The third-order valence-corrected chi connectivity index (χ3v) is 3.83. The molecular weight excluding hydrogens is 264 g/mol. The van der Waals surface area contributed by atoms with Gasteiger partial charge in [0, 0.05) is 25.6 Å². The van der Waals surface area contributed by atoms with Gasteiger partial charge in [-0.1, -0.05) is 18.2 Å². The van der Waals surface area contributed by atoms with Crippen LogP contribution in [0.2, 0.25) is 0 Å². The smallest absolute Gasteiger partial charge is 0.140 e. The van der Waals surface area contributed by atoms with Crippen LogP contribution in [0.5, 0.6) is 5.75 Å². The number of para-hydroxylation sites is 1. The van der Waals surface area contributed by atoms with Crippen LogP contribution in [-0.2, 0) is 26.6 Å². The zero-order valence-electron chi connectivity index (χ0n) is 13.1. The number of aryl methyl sites for hydroxylation is 1. The van der Waals surface area contributed by atoms with Gasteiger partial charge in [0.25, 0.3) is 0 Å². The van der Waals surface area contributed by atoms with E-state index in [0.717, 1.165) is 31.1 Å². The number of hydrogen-bond acceptors (Lipinski definition) is 4. The monoisotopic (exact) mass is 286 g/mol. The molecule has 0 amide bonds. The first-order valence-electron chi connectivity index (χ1n) is 7.26. The average Bonchev–Trinajstić information content (AvgIpc) is 2.92. The molecule has 3 rings (SSSR count). The summed E-state index contributed by atoms with van der Waals surface area (Å²) in [4.78, 5) is 6.50. The first kappa shape index (κ1) is 14.1. The molecule has 0 fully saturated rings. The lowest BCUT2D eigenvalue weighted by Gasteiger charge is -2.20. The maximum atomic E-state index is 6.13. The van der Waals surface area contributed by atoms with Gasteiger partial charge in [-0.25, -0.2) is 4.98 Å². The van der Waals surface area contributed by atoms with Gasteiger partial charge in [-0.2, -0.15) is 5.10 Å². The third-order valence-electron chi connectivity index (χ3n) is 3.83. The molecule has 1 aliphatic rings. The molecule has 0 unspecified atom stereocenters. The fourth-order valence-corrected chi connectivity index (χ4v) is 2.86. The van der Waals surface area contributed by atoms with Crippen LogP contribution in [0.4, 0.5) is 0 Å². The highest BCUT2D eigenvalue weighted by Crippen LogP contribution is 2.37. The molecule has 0 N–H and O–H groups in total. The molecule has 5 nitrogen and oxygen atoms in total. The van der Waals surface area contributed by atoms with Crippen LogP contribution in [0.1, 0.15) is 30.8 Å². The van der Waals surface area contributed by atoms with Gasteiger partial charge in [-0.3, -0.25) is 9.58 Å². The van der Waals surface area contributed by atoms with E-state index in [0.29, 0.717) is 0 Å². The molecule has 0 radical (unpaired) electrons. The van der Waals surface area contributed by atoms with E-state index < -0.39 is 0 Å². The Morgan fingerprint density at radius 3 is 2.86 bits per heavy atom. The van der Waals surface area contributed by atoms with Crippen LogP contribution >= 0.6 is 0 Å². The Morgan fingerprint density at radius 1 is 1.33 bits per heavy atom. The van der Waals surface area contributed by atoms with Gasteiger partial charge in [-0.05, 0) is 26.5 Å². The van der Waals surface area contributed by atoms with Gasteiger partial charge < -0.3 is 4.74 Å². The molecular formula is C16H22N4O. The van der Waals surface area contributed by atoms with Gasteiger partial charge in [0.1, 0.15) is 23.5 Å². The Kier molecular flexibility index (Phi) is 3.45. The Balaban J connectivity index is 1.75. The van der Waals surface area contributed by atoms with Crippen molar-refractivity contribution in [3.8, 4) is 5.75 Å². The summed E-state index contributed by atoms with van der Waals surface area (Å²) in [6.07, 6.45) is 2.57. The zero-order valence-corrected chi connectivity index (χ0v) is 13.1. The summed E-state index contributed by atoms with van der Waals surface area (Å²) >= 11 is 0. The summed E-state index contributed by atoms with van der Waals surface area (Å²) in [5.41, 5.74) is 2.45. The third kappa shape index (κ3) is 2.93. The fourth-order valence-electron chi connectivity index (χ4n) is 2.86. The predicted octanol–water partition coefficient (Wildman–Crippen LogP) is 2.16. The minimum atomic E-state index is -0.0966. The SMILES string of the molecule is CN(Cc1cccc2c1OC(C)(C)C2)Cc1ncnn1C. The Bertz CT molecular complexity index is 647. The van der Waals surface area contributed by atoms with Crippen molar-refractivity contribution in [1.29, 1.82) is 0 Å². The standard InChI is InChI=1S/C16H22N4O/c1-16(2)8-12-6-5-7-13(15(12)21-16)9-19(3)10-14-17-11-18-20(14)4/h5-7,11H,8-10H2,1-4H3. The van der Waals surface area contributed by atoms with Crippen molar-refractivity contribution in [3.05, 3.63) is 41.5 Å². The molecule has 0 bridgehead atoms. The van der Waals surface area contributed by atoms with Crippen LogP contribution in [0.25, 0.3) is 0 Å². The second-order valence-electron chi connectivity index (χ2n) is 6.42. The van der Waals surface area contributed by atoms with Crippen LogP contribution in [-0.4, -0.2) is 32.3 Å². The molecule has 2 heterocycles. The maximum absolute atomic E-state index is 6.13. The van der Waals surface area contributed by atoms with Crippen LogP contribution in [0.15, 0.2) is 24.5 Å². The zero-order chi connectivity index (χ0) is 15.0. The second-order valence-corrected chi connectivity index (χ2v) is 6.42. The molecule has 112 valence electrons. The van der Waals surface area contributed by atoms with Crippen molar-refractivity contribution in [2.75, 3.05) is 7.05 Å². The summed E-state index contributed by atoms with van der Waals surface area (Å²) in [5, 5.41) is 4.11. The first-order chi connectivity index (χ1) is 9.94. The molecule has 21 heavy (non-hydrogen) atoms. The quantitative estimate of drug-likeness (QED) is 0.864. The molecule has 5 heteroatoms. The normalized spacial score (nSPS) is 16.0. The molecule has 2 aromatic rings. The van der Waals surface area contributed by atoms with Gasteiger partial charge >= 0.3 is 0 Å². The van der Waals surface area contributed by atoms with Crippen molar-refractivity contribution in [1.82, 2.24) is 19.7 Å². The highest BCUT2D eigenvalue weighted by Gasteiger charge is 2.31. The van der Waals surface area contributed by atoms with Crippen LogP contribution in [0, 0.1) is 0 Å². The minimum absolute atomic E-state index is 0.0966. The van der Waals surface area contributed by atoms with Gasteiger partial charge in [-0.15, -0.1) is 0 Å². The van der Waals surface area contributed by atoms with Gasteiger partial charge in [0.15, 0.2) is 0 Å². The van der Waals surface area contributed by atoms with Gasteiger partial charge in [0.2, 0.25) is 0 Å². The summed E-state index contributed by atoms with van der Waals surface area (Å²) in [6, 6.07) is 6.43. The Hall–Kier alpha value is -1.88. The number of aromatic nitrogens is 3. The minimum Gasteiger partial charge on any atom is -0.487 e. The highest BCUT2D eigenvalue weighted by atomic mass is 16.5. The summed E-state index contributed by atoms with van der Waals surface area (Å²) < 4.78 is 7.94. The van der Waals surface area contributed by atoms with E-state index in [2.05, 4.69) is 54.1 Å². The van der Waals surface area contributed by atoms with E-state index in [9.17, 15) is 0 Å². The lowest BCUT2D eigenvalue weighted by Crippen LogP contribution is -2.25. The largest absolute Gasteiger partial charge is 0.487 e. The molecule has 1 aromatic carbocycles. The number of nitrogens with zero attached hydrogens (tertiary/aromatic N) is 4. The molecule has 0 saturated carbocycles. The van der Waals surface area contributed by atoms with Crippen molar-refractivity contribution in [2.24, 2.45) is 7.05 Å². The van der Waals surface area contributed by atoms with E-state index in [4.69, 9.17) is 4.74 Å². The molecule has 0 atom stereocenters.